The SMILES string of the molecule is O=C(Cc1ccc2c(c1)OCCO2)Nc1cccc(N2CCCC2)c1. The molecule has 1 N–H and O–H groups in total. The van der Waals surface area contributed by atoms with Crippen molar-refractivity contribution < 1.29 is 14.3 Å². The molecule has 1 amide bonds. The minimum absolute atomic E-state index is 0.0322. The fourth-order valence-corrected chi connectivity index (χ4v) is 3.34. The third-order valence-electron chi connectivity index (χ3n) is 4.57. The second-order valence-electron chi connectivity index (χ2n) is 6.45. The highest BCUT2D eigenvalue weighted by Crippen LogP contribution is 2.31. The van der Waals surface area contributed by atoms with Crippen LogP contribution in [0.15, 0.2) is 42.5 Å². The lowest BCUT2D eigenvalue weighted by Crippen LogP contribution is -2.19. The largest absolute Gasteiger partial charge is 0.486 e. The average molecular weight is 338 g/mol. The van der Waals surface area contributed by atoms with Gasteiger partial charge in [0.2, 0.25) is 5.91 Å². The summed E-state index contributed by atoms with van der Waals surface area (Å²) in [7, 11) is 0. The zero-order chi connectivity index (χ0) is 17.1. The minimum atomic E-state index is -0.0322. The summed E-state index contributed by atoms with van der Waals surface area (Å²) in [5.41, 5.74) is 2.93. The summed E-state index contributed by atoms with van der Waals surface area (Å²) in [4.78, 5) is 14.7. The fourth-order valence-electron chi connectivity index (χ4n) is 3.34. The highest BCUT2D eigenvalue weighted by atomic mass is 16.6. The van der Waals surface area contributed by atoms with E-state index < -0.39 is 0 Å². The van der Waals surface area contributed by atoms with Gasteiger partial charge >= 0.3 is 0 Å². The number of hydrogen-bond acceptors (Lipinski definition) is 4. The van der Waals surface area contributed by atoms with E-state index >= 15 is 0 Å². The first kappa shape index (κ1) is 15.8. The van der Waals surface area contributed by atoms with Gasteiger partial charge in [-0.15, -0.1) is 0 Å². The molecule has 5 heteroatoms. The number of ether oxygens (including phenoxy) is 2. The maximum Gasteiger partial charge on any atom is 0.228 e. The number of amides is 1. The van der Waals surface area contributed by atoms with Crippen molar-refractivity contribution in [1.29, 1.82) is 0 Å². The van der Waals surface area contributed by atoms with Crippen LogP contribution in [0.25, 0.3) is 0 Å². The van der Waals surface area contributed by atoms with E-state index in [2.05, 4.69) is 16.3 Å². The van der Waals surface area contributed by atoms with Gasteiger partial charge in [0.15, 0.2) is 11.5 Å². The molecular formula is C20H22N2O3. The van der Waals surface area contributed by atoms with Crippen LogP contribution >= 0.6 is 0 Å². The van der Waals surface area contributed by atoms with E-state index in [-0.39, 0.29) is 5.91 Å². The van der Waals surface area contributed by atoms with E-state index in [0.717, 1.165) is 30.1 Å². The van der Waals surface area contributed by atoms with Crippen molar-refractivity contribution in [2.45, 2.75) is 19.3 Å². The number of fused-ring (bicyclic) bond motifs is 1. The Bertz CT molecular complexity index is 769. The molecule has 0 spiro atoms. The molecule has 0 saturated carbocycles. The van der Waals surface area contributed by atoms with Gasteiger partial charge in [-0.05, 0) is 48.7 Å². The third-order valence-corrected chi connectivity index (χ3v) is 4.57. The van der Waals surface area contributed by atoms with Crippen LogP contribution in [-0.2, 0) is 11.2 Å². The van der Waals surface area contributed by atoms with E-state index in [1.807, 2.05) is 36.4 Å². The molecule has 1 saturated heterocycles. The van der Waals surface area contributed by atoms with Crippen molar-refractivity contribution >= 4 is 17.3 Å². The van der Waals surface area contributed by atoms with Crippen molar-refractivity contribution in [3.63, 3.8) is 0 Å². The number of nitrogens with one attached hydrogen (secondary N) is 1. The van der Waals surface area contributed by atoms with Crippen LogP contribution in [0.5, 0.6) is 11.5 Å². The summed E-state index contributed by atoms with van der Waals surface area (Å²) in [5.74, 6) is 1.43. The van der Waals surface area contributed by atoms with E-state index in [1.165, 1.54) is 18.5 Å². The number of carbonyl (C=O) groups is 1. The molecule has 5 nitrogen and oxygen atoms in total. The van der Waals surface area contributed by atoms with E-state index in [1.54, 1.807) is 0 Å². The summed E-state index contributed by atoms with van der Waals surface area (Å²) >= 11 is 0. The second kappa shape index (κ2) is 7.05. The molecule has 0 unspecified atom stereocenters. The van der Waals surface area contributed by atoms with Gasteiger partial charge in [-0.25, -0.2) is 0 Å². The Morgan fingerprint density at radius 3 is 2.64 bits per heavy atom. The Balaban J connectivity index is 1.41. The molecule has 0 radical (unpaired) electrons. The highest BCUT2D eigenvalue weighted by Gasteiger charge is 2.15. The maximum absolute atomic E-state index is 12.4. The molecular weight excluding hydrogens is 316 g/mol. The van der Waals surface area contributed by atoms with Crippen LogP contribution in [0.2, 0.25) is 0 Å². The summed E-state index contributed by atoms with van der Waals surface area (Å²) in [5, 5.41) is 3.00. The van der Waals surface area contributed by atoms with Crippen LogP contribution in [-0.4, -0.2) is 32.2 Å². The number of rotatable bonds is 4. The lowest BCUT2D eigenvalue weighted by Gasteiger charge is -2.19. The number of benzene rings is 2. The molecule has 4 rings (SSSR count). The smallest absolute Gasteiger partial charge is 0.228 e. The molecule has 0 bridgehead atoms. The van der Waals surface area contributed by atoms with Gasteiger partial charge in [0.1, 0.15) is 13.2 Å². The van der Waals surface area contributed by atoms with E-state index in [9.17, 15) is 4.79 Å². The molecule has 0 atom stereocenters. The number of hydrogen-bond donors (Lipinski definition) is 1. The Morgan fingerprint density at radius 1 is 1.00 bits per heavy atom. The Labute approximate surface area is 147 Å². The molecule has 2 heterocycles. The first-order chi connectivity index (χ1) is 12.3. The van der Waals surface area contributed by atoms with Crippen molar-refractivity contribution in [3.05, 3.63) is 48.0 Å². The number of nitrogens with zero attached hydrogens (tertiary/aromatic N) is 1. The van der Waals surface area contributed by atoms with Crippen LogP contribution in [0.3, 0.4) is 0 Å². The van der Waals surface area contributed by atoms with Crippen LogP contribution in [0.1, 0.15) is 18.4 Å². The monoisotopic (exact) mass is 338 g/mol. The maximum atomic E-state index is 12.4. The van der Waals surface area contributed by atoms with Gasteiger partial charge in [0, 0.05) is 24.5 Å². The van der Waals surface area contributed by atoms with Crippen LogP contribution in [0.4, 0.5) is 11.4 Å². The summed E-state index contributed by atoms with van der Waals surface area (Å²) in [6.45, 7) is 3.30. The average Bonchev–Trinajstić information content (AvgIpc) is 3.16. The molecule has 0 aliphatic carbocycles. The van der Waals surface area contributed by atoms with Crippen molar-refractivity contribution in [3.8, 4) is 11.5 Å². The minimum Gasteiger partial charge on any atom is -0.486 e. The topological polar surface area (TPSA) is 50.8 Å². The Morgan fingerprint density at radius 2 is 1.80 bits per heavy atom. The zero-order valence-electron chi connectivity index (χ0n) is 14.2. The van der Waals surface area contributed by atoms with Crippen molar-refractivity contribution in [2.75, 3.05) is 36.5 Å². The molecule has 1 fully saturated rings. The van der Waals surface area contributed by atoms with Crippen molar-refractivity contribution in [2.24, 2.45) is 0 Å². The lowest BCUT2D eigenvalue weighted by atomic mass is 10.1. The molecule has 2 aliphatic rings. The molecule has 2 aromatic rings. The zero-order valence-corrected chi connectivity index (χ0v) is 14.2. The number of carbonyl (C=O) groups excluding carboxylic acids is 1. The molecule has 0 aromatic heterocycles. The van der Waals surface area contributed by atoms with E-state index in [4.69, 9.17) is 9.47 Å². The highest BCUT2D eigenvalue weighted by molar-refractivity contribution is 5.92. The molecule has 25 heavy (non-hydrogen) atoms. The first-order valence-electron chi connectivity index (χ1n) is 8.81. The predicted octanol–water partition coefficient (Wildman–Crippen LogP) is 3.24. The molecule has 2 aliphatic heterocycles. The van der Waals surface area contributed by atoms with Crippen LogP contribution in [0, 0.1) is 0 Å². The van der Waals surface area contributed by atoms with Gasteiger partial charge in [-0.2, -0.15) is 0 Å². The third kappa shape index (κ3) is 3.71. The van der Waals surface area contributed by atoms with Gasteiger partial charge in [0.25, 0.3) is 0 Å². The molecule has 2 aromatic carbocycles. The Kier molecular flexibility index (Phi) is 4.46. The normalized spacial score (nSPS) is 15.9. The summed E-state index contributed by atoms with van der Waals surface area (Å²) in [6.07, 6.45) is 2.78. The van der Waals surface area contributed by atoms with E-state index in [0.29, 0.717) is 25.4 Å². The van der Waals surface area contributed by atoms with Gasteiger partial charge < -0.3 is 19.7 Å². The first-order valence-corrected chi connectivity index (χ1v) is 8.81. The summed E-state index contributed by atoms with van der Waals surface area (Å²) in [6, 6.07) is 13.7. The predicted molar refractivity (Wildman–Crippen MR) is 97.7 cm³/mol. The van der Waals surface area contributed by atoms with Gasteiger partial charge in [-0.1, -0.05) is 12.1 Å². The Hall–Kier alpha value is -2.69. The molecule has 130 valence electrons. The number of anilines is 2. The fraction of sp³-hybridized carbons (Fsp3) is 0.350. The standard InChI is InChI=1S/C20H22N2O3/c23-20(13-15-6-7-18-19(12-15)25-11-10-24-18)21-16-4-3-5-17(14-16)22-8-1-2-9-22/h3-7,12,14H,1-2,8-11,13H2,(H,21,23). The van der Waals surface area contributed by atoms with Crippen LogP contribution < -0.4 is 19.7 Å². The summed E-state index contributed by atoms with van der Waals surface area (Å²) < 4.78 is 11.1. The quantitative estimate of drug-likeness (QED) is 0.930. The van der Waals surface area contributed by atoms with Gasteiger partial charge in [-0.3, -0.25) is 4.79 Å². The van der Waals surface area contributed by atoms with Crippen molar-refractivity contribution in [1.82, 2.24) is 0 Å². The van der Waals surface area contributed by atoms with Gasteiger partial charge in [0.05, 0.1) is 6.42 Å². The lowest BCUT2D eigenvalue weighted by molar-refractivity contribution is -0.115. The second-order valence-corrected chi connectivity index (χ2v) is 6.45.